The summed E-state index contributed by atoms with van der Waals surface area (Å²) in [5.74, 6) is -1.51. The van der Waals surface area contributed by atoms with Crippen molar-refractivity contribution in [3.63, 3.8) is 0 Å². The van der Waals surface area contributed by atoms with Crippen molar-refractivity contribution >= 4 is 11.9 Å². The molecular weight excluding hydrogens is 184 g/mol. The van der Waals surface area contributed by atoms with Gasteiger partial charge in [-0.05, 0) is 13.8 Å². The van der Waals surface area contributed by atoms with Gasteiger partial charge in [0.1, 0.15) is 0 Å². The summed E-state index contributed by atoms with van der Waals surface area (Å²) in [5, 5.41) is 10.9. The largest absolute Gasteiger partial charge is 0.481 e. The molecule has 0 saturated heterocycles. The Morgan fingerprint density at radius 2 is 2.07 bits per heavy atom. The molecule has 1 atom stereocenters. The lowest BCUT2D eigenvalue weighted by atomic mass is 10.2. The van der Waals surface area contributed by atoms with E-state index < -0.39 is 17.9 Å². The van der Waals surface area contributed by atoms with Crippen molar-refractivity contribution in [3.05, 3.63) is 11.6 Å². The van der Waals surface area contributed by atoms with Crippen LogP contribution >= 0.6 is 0 Å². The minimum atomic E-state index is -1.07. The van der Waals surface area contributed by atoms with Crippen molar-refractivity contribution in [2.45, 2.75) is 26.3 Å². The number of aliphatic carboxylic acids is 1. The van der Waals surface area contributed by atoms with E-state index in [4.69, 9.17) is 10.8 Å². The summed E-state index contributed by atoms with van der Waals surface area (Å²) < 4.78 is 0. The van der Waals surface area contributed by atoms with Gasteiger partial charge in [0.25, 0.3) is 0 Å². The van der Waals surface area contributed by atoms with Crippen LogP contribution in [0.4, 0.5) is 0 Å². The van der Waals surface area contributed by atoms with Crippen molar-refractivity contribution in [2.24, 2.45) is 5.73 Å². The number of allylic oxidation sites excluding steroid dienone is 1. The van der Waals surface area contributed by atoms with Gasteiger partial charge in [0.15, 0.2) is 0 Å². The Kier molecular flexibility index (Phi) is 5.55. The van der Waals surface area contributed by atoms with Crippen LogP contribution < -0.4 is 11.1 Å². The Morgan fingerprint density at radius 3 is 2.50 bits per heavy atom. The highest BCUT2D eigenvalue weighted by atomic mass is 16.4. The number of carboxylic acid groups (broad SMARTS) is 1. The Balaban J connectivity index is 3.84. The molecule has 0 fully saturated rings. The summed E-state index contributed by atoms with van der Waals surface area (Å²) >= 11 is 0. The topological polar surface area (TPSA) is 92.4 Å². The Labute approximate surface area is 83.0 Å². The summed E-state index contributed by atoms with van der Waals surface area (Å²) in [5.41, 5.74) is 6.40. The molecule has 0 aromatic heterocycles. The highest BCUT2D eigenvalue weighted by molar-refractivity contribution is 5.85. The maximum Gasteiger partial charge on any atom is 0.305 e. The minimum absolute atomic E-state index is 0.347. The zero-order valence-electron chi connectivity index (χ0n) is 8.41. The van der Waals surface area contributed by atoms with Gasteiger partial charge in [-0.15, -0.1) is 0 Å². The molecule has 5 heteroatoms. The summed E-state index contributed by atoms with van der Waals surface area (Å²) in [6.07, 6.45) is 1.48. The van der Waals surface area contributed by atoms with Gasteiger partial charge in [-0.25, -0.2) is 0 Å². The fourth-order valence-electron chi connectivity index (χ4n) is 0.768. The van der Waals surface area contributed by atoms with E-state index in [0.29, 0.717) is 6.54 Å². The molecule has 0 aliphatic rings. The Morgan fingerprint density at radius 1 is 1.50 bits per heavy atom. The highest BCUT2D eigenvalue weighted by Gasteiger charge is 2.15. The van der Waals surface area contributed by atoms with E-state index in [9.17, 15) is 9.59 Å². The van der Waals surface area contributed by atoms with Crippen molar-refractivity contribution < 1.29 is 14.7 Å². The van der Waals surface area contributed by atoms with E-state index >= 15 is 0 Å². The predicted molar refractivity (Wildman–Crippen MR) is 52.7 cm³/mol. The molecular formula is C9H16N2O3. The van der Waals surface area contributed by atoms with Crippen molar-refractivity contribution in [3.8, 4) is 0 Å². The molecule has 0 radical (unpaired) electrons. The number of carboxylic acids is 1. The third kappa shape index (κ3) is 6.19. The molecule has 0 rings (SSSR count). The first kappa shape index (κ1) is 12.6. The van der Waals surface area contributed by atoms with Gasteiger partial charge in [0.05, 0.1) is 12.5 Å². The number of carbonyl (C=O) groups is 2. The third-order valence-corrected chi connectivity index (χ3v) is 1.52. The lowest BCUT2D eigenvalue weighted by Gasteiger charge is -2.08. The molecule has 1 unspecified atom stereocenters. The molecule has 0 aliphatic carbocycles. The van der Waals surface area contributed by atoms with Gasteiger partial charge in [-0.2, -0.15) is 0 Å². The molecule has 14 heavy (non-hydrogen) atoms. The normalized spacial score (nSPS) is 11.6. The van der Waals surface area contributed by atoms with Crippen molar-refractivity contribution in [2.75, 3.05) is 6.54 Å². The van der Waals surface area contributed by atoms with Crippen LogP contribution in [-0.4, -0.2) is 29.6 Å². The zero-order chi connectivity index (χ0) is 11.1. The van der Waals surface area contributed by atoms with Gasteiger partial charge >= 0.3 is 5.97 Å². The summed E-state index contributed by atoms with van der Waals surface area (Å²) in [4.78, 5) is 21.4. The predicted octanol–water partition coefficient (Wildman–Crippen LogP) is -0.129. The SMILES string of the molecule is CC(C)=CCNC(=O)C(N)CC(=O)O. The first-order valence-electron chi connectivity index (χ1n) is 4.32. The fraction of sp³-hybridized carbons (Fsp3) is 0.556. The summed E-state index contributed by atoms with van der Waals surface area (Å²) in [6.45, 7) is 4.20. The number of nitrogens with two attached hydrogens (primary N) is 1. The summed E-state index contributed by atoms with van der Waals surface area (Å²) in [7, 11) is 0. The van der Waals surface area contributed by atoms with Crippen LogP contribution in [0.2, 0.25) is 0 Å². The van der Waals surface area contributed by atoms with E-state index in [1.54, 1.807) is 0 Å². The molecule has 4 N–H and O–H groups in total. The quantitative estimate of drug-likeness (QED) is 0.539. The average molecular weight is 200 g/mol. The lowest BCUT2D eigenvalue weighted by Crippen LogP contribution is -2.41. The molecule has 0 heterocycles. The minimum Gasteiger partial charge on any atom is -0.481 e. The average Bonchev–Trinajstić information content (AvgIpc) is 2.01. The van der Waals surface area contributed by atoms with E-state index in [1.165, 1.54) is 0 Å². The molecule has 0 spiro atoms. The van der Waals surface area contributed by atoms with Crippen molar-refractivity contribution in [1.82, 2.24) is 5.32 Å². The first-order valence-corrected chi connectivity index (χ1v) is 4.32. The molecule has 5 nitrogen and oxygen atoms in total. The second-order valence-corrected chi connectivity index (χ2v) is 3.23. The Hall–Kier alpha value is -1.36. The van der Waals surface area contributed by atoms with Crippen LogP contribution in [0.15, 0.2) is 11.6 Å². The summed E-state index contributed by atoms with van der Waals surface area (Å²) in [6, 6.07) is -0.974. The van der Waals surface area contributed by atoms with E-state index in [0.717, 1.165) is 5.57 Å². The van der Waals surface area contributed by atoms with E-state index in [-0.39, 0.29) is 6.42 Å². The van der Waals surface area contributed by atoms with E-state index in [2.05, 4.69) is 5.32 Å². The standard InChI is InChI=1S/C9H16N2O3/c1-6(2)3-4-11-9(14)7(10)5-8(12)13/h3,7H,4-5,10H2,1-2H3,(H,11,14)(H,12,13). The molecule has 0 bridgehead atoms. The number of nitrogens with one attached hydrogen (secondary N) is 1. The first-order chi connectivity index (χ1) is 6.43. The van der Waals surface area contributed by atoms with Gasteiger partial charge in [-0.3, -0.25) is 9.59 Å². The van der Waals surface area contributed by atoms with Crippen LogP contribution in [0.1, 0.15) is 20.3 Å². The van der Waals surface area contributed by atoms with Gasteiger partial charge in [0.2, 0.25) is 5.91 Å². The maximum atomic E-state index is 11.1. The van der Waals surface area contributed by atoms with Gasteiger partial charge < -0.3 is 16.2 Å². The number of hydrogen-bond donors (Lipinski definition) is 3. The number of rotatable bonds is 5. The van der Waals surface area contributed by atoms with Gasteiger partial charge in [0, 0.05) is 6.54 Å². The van der Waals surface area contributed by atoms with Crippen LogP contribution in [-0.2, 0) is 9.59 Å². The van der Waals surface area contributed by atoms with Gasteiger partial charge in [-0.1, -0.05) is 11.6 Å². The number of amides is 1. The second-order valence-electron chi connectivity index (χ2n) is 3.23. The molecule has 1 amide bonds. The third-order valence-electron chi connectivity index (χ3n) is 1.52. The smallest absolute Gasteiger partial charge is 0.305 e. The van der Waals surface area contributed by atoms with Crippen molar-refractivity contribution in [1.29, 1.82) is 0 Å². The lowest BCUT2D eigenvalue weighted by molar-refractivity contribution is -0.139. The van der Waals surface area contributed by atoms with Crippen LogP contribution in [0.3, 0.4) is 0 Å². The van der Waals surface area contributed by atoms with Crippen LogP contribution in [0.25, 0.3) is 0 Å². The van der Waals surface area contributed by atoms with Crippen LogP contribution in [0.5, 0.6) is 0 Å². The molecule has 80 valence electrons. The molecule has 0 aromatic carbocycles. The second kappa shape index (κ2) is 6.15. The monoisotopic (exact) mass is 200 g/mol. The Bertz CT molecular complexity index is 244. The molecule has 0 aromatic rings. The molecule has 0 aliphatic heterocycles. The van der Waals surface area contributed by atoms with Crippen LogP contribution in [0, 0.1) is 0 Å². The molecule has 0 saturated carbocycles. The number of hydrogen-bond acceptors (Lipinski definition) is 3. The van der Waals surface area contributed by atoms with E-state index in [1.807, 2.05) is 19.9 Å². The fourth-order valence-corrected chi connectivity index (χ4v) is 0.768. The number of carbonyl (C=O) groups excluding carboxylic acids is 1. The maximum absolute atomic E-state index is 11.1. The zero-order valence-corrected chi connectivity index (χ0v) is 8.41. The highest BCUT2D eigenvalue weighted by Crippen LogP contribution is 1.89.